The molecule has 0 bridgehead atoms. The van der Waals surface area contributed by atoms with Crippen molar-refractivity contribution in [1.82, 2.24) is 0 Å². The van der Waals surface area contributed by atoms with Crippen LogP contribution in [0.5, 0.6) is 0 Å². The molecule has 0 aromatic heterocycles. The Labute approximate surface area is 106 Å². The van der Waals surface area contributed by atoms with E-state index in [-0.39, 0.29) is 6.42 Å². The van der Waals surface area contributed by atoms with Crippen LogP contribution in [0.2, 0.25) is 0 Å². The topological polar surface area (TPSA) is 74.6 Å². The maximum Gasteiger partial charge on any atom is 0.317 e. The molecule has 18 heavy (non-hydrogen) atoms. The molecule has 0 atom stereocenters. The minimum Gasteiger partial charge on any atom is -0.481 e. The lowest BCUT2D eigenvalue weighted by Gasteiger charge is -2.07. The van der Waals surface area contributed by atoms with E-state index in [0.29, 0.717) is 12.8 Å². The first-order chi connectivity index (χ1) is 8.54. The smallest absolute Gasteiger partial charge is 0.317 e. The molecule has 0 aliphatic carbocycles. The van der Waals surface area contributed by atoms with Gasteiger partial charge in [-0.3, -0.25) is 9.59 Å². The number of rotatable bonds is 7. The van der Waals surface area contributed by atoms with Crippen LogP contribution in [0.3, 0.4) is 0 Å². The fraction of sp³-hybridized carbons (Fsp3) is 0.429. The van der Waals surface area contributed by atoms with Gasteiger partial charge in [0.2, 0.25) is 0 Å². The molecule has 0 radical (unpaired) electrons. The predicted octanol–water partition coefficient (Wildman–Crippen LogP) is 2.36. The number of carboxylic acids is 2. The van der Waals surface area contributed by atoms with E-state index in [1.54, 1.807) is 0 Å². The van der Waals surface area contributed by atoms with Crippen molar-refractivity contribution in [3.63, 3.8) is 0 Å². The van der Waals surface area contributed by atoms with Crippen molar-refractivity contribution in [2.45, 2.75) is 32.6 Å². The maximum absolute atomic E-state index is 10.7. The van der Waals surface area contributed by atoms with Gasteiger partial charge < -0.3 is 10.2 Å². The number of carbonyl (C=O) groups is 2. The molecule has 4 heteroatoms. The van der Waals surface area contributed by atoms with Gasteiger partial charge in [-0.05, 0) is 36.8 Å². The fourth-order valence-corrected chi connectivity index (χ4v) is 1.80. The lowest BCUT2D eigenvalue weighted by Crippen LogP contribution is -2.23. The third-order valence-electron chi connectivity index (χ3n) is 2.99. The number of aryl methyl sites for hydroxylation is 2. The van der Waals surface area contributed by atoms with Crippen LogP contribution >= 0.6 is 0 Å². The van der Waals surface area contributed by atoms with E-state index in [1.807, 2.05) is 24.3 Å². The average Bonchev–Trinajstić information content (AvgIpc) is 2.34. The van der Waals surface area contributed by atoms with Crippen molar-refractivity contribution in [3.05, 3.63) is 35.4 Å². The van der Waals surface area contributed by atoms with Gasteiger partial charge >= 0.3 is 11.9 Å². The third-order valence-corrected chi connectivity index (χ3v) is 2.99. The normalized spacial score (nSPS) is 10.6. The van der Waals surface area contributed by atoms with E-state index in [4.69, 9.17) is 10.2 Å². The lowest BCUT2D eigenvalue weighted by atomic mass is 9.99. The summed E-state index contributed by atoms with van der Waals surface area (Å²) in [6.07, 6.45) is 2.43. The SMILES string of the molecule is CCc1ccc(CCCC(C(=O)O)C(=O)O)cc1. The molecule has 0 fully saturated rings. The molecule has 0 unspecified atom stereocenters. The monoisotopic (exact) mass is 250 g/mol. The van der Waals surface area contributed by atoms with Gasteiger partial charge in [0, 0.05) is 0 Å². The van der Waals surface area contributed by atoms with Crippen LogP contribution in [0.4, 0.5) is 0 Å². The van der Waals surface area contributed by atoms with Gasteiger partial charge in [0.15, 0.2) is 5.92 Å². The van der Waals surface area contributed by atoms with E-state index in [9.17, 15) is 9.59 Å². The summed E-state index contributed by atoms with van der Waals surface area (Å²) in [5.41, 5.74) is 2.37. The molecule has 1 aromatic rings. The van der Waals surface area contributed by atoms with E-state index in [1.165, 1.54) is 5.56 Å². The molecule has 0 heterocycles. The van der Waals surface area contributed by atoms with Gasteiger partial charge in [0.05, 0.1) is 0 Å². The highest BCUT2D eigenvalue weighted by Gasteiger charge is 2.24. The highest BCUT2D eigenvalue weighted by Crippen LogP contribution is 2.13. The standard InChI is InChI=1S/C14H18O4/c1-2-10-6-8-11(9-7-10)4-3-5-12(13(15)16)14(17)18/h6-9,12H,2-5H2,1H3,(H,15,16)(H,17,18). The Morgan fingerprint density at radius 3 is 2.00 bits per heavy atom. The largest absolute Gasteiger partial charge is 0.481 e. The van der Waals surface area contributed by atoms with Crippen LogP contribution in [0.15, 0.2) is 24.3 Å². The molecule has 98 valence electrons. The Bertz CT molecular complexity index is 394. The first kappa shape index (κ1) is 14.2. The zero-order valence-corrected chi connectivity index (χ0v) is 10.4. The Balaban J connectivity index is 2.45. The molecule has 0 amide bonds. The minimum atomic E-state index is -1.29. The Hall–Kier alpha value is -1.84. The van der Waals surface area contributed by atoms with E-state index >= 15 is 0 Å². The van der Waals surface area contributed by atoms with Crippen LogP contribution in [-0.4, -0.2) is 22.2 Å². The first-order valence-electron chi connectivity index (χ1n) is 6.08. The Morgan fingerprint density at radius 2 is 1.56 bits per heavy atom. The zero-order chi connectivity index (χ0) is 13.5. The highest BCUT2D eigenvalue weighted by atomic mass is 16.4. The highest BCUT2D eigenvalue weighted by molar-refractivity contribution is 5.92. The number of aliphatic carboxylic acids is 2. The summed E-state index contributed by atoms with van der Waals surface area (Å²) in [6.45, 7) is 2.08. The minimum absolute atomic E-state index is 0.167. The number of hydrogen-bond donors (Lipinski definition) is 2. The van der Waals surface area contributed by atoms with Crippen molar-refractivity contribution in [2.75, 3.05) is 0 Å². The van der Waals surface area contributed by atoms with Gasteiger partial charge in [0.1, 0.15) is 0 Å². The summed E-state index contributed by atoms with van der Waals surface area (Å²) in [6, 6.07) is 8.10. The quantitative estimate of drug-likeness (QED) is 0.728. The van der Waals surface area contributed by atoms with Gasteiger partial charge in [-0.1, -0.05) is 31.2 Å². The molecule has 1 aromatic carbocycles. The maximum atomic E-state index is 10.7. The summed E-state index contributed by atoms with van der Waals surface area (Å²) in [5, 5.41) is 17.5. The number of benzene rings is 1. The Kier molecular flexibility index (Phi) is 5.36. The summed E-state index contributed by atoms with van der Waals surface area (Å²) >= 11 is 0. The van der Waals surface area contributed by atoms with E-state index < -0.39 is 17.9 Å². The van der Waals surface area contributed by atoms with Crippen molar-refractivity contribution >= 4 is 11.9 Å². The van der Waals surface area contributed by atoms with Gasteiger partial charge in [0.25, 0.3) is 0 Å². The van der Waals surface area contributed by atoms with Crippen molar-refractivity contribution in [1.29, 1.82) is 0 Å². The number of hydrogen-bond acceptors (Lipinski definition) is 2. The van der Waals surface area contributed by atoms with Gasteiger partial charge in [-0.25, -0.2) is 0 Å². The molecular weight excluding hydrogens is 232 g/mol. The van der Waals surface area contributed by atoms with Gasteiger partial charge in [-0.15, -0.1) is 0 Å². The number of carboxylic acid groups (broad SMARTS) is 2. The second kappa shape index (κ2) is 6.79. The Morgan fingerprint density at radius 1 is 1.06 bits per heavy atom. The molecule has 0 spiro atoms. The van der Waals surface area contributed by atoms with Crippen molar-refractivity contribution in [2.24, 2.45) is 5.92 Å². The summed E-state index contributed by atoms with van der Waals surface area (Å²) < 4.78 is 0. The second-order valence-corrected chi connectivity index (χ2v) is 4.29. The molecule has 2 N–H and O–H groups in total. The average molecular weight is 250 g/mol. The molecule has 1 rings (SSSR count). The van der Waals surface area contributed by atoms with Crippen LogP contribution in [0.1, 0.15) is 30.9 Å². The molecule has 0 saturated heterocycles. The van der Waals surface area contributed by atoms with Crippen LogP contribution in [-0.2, 0) is 22.4 Å². The van der Waals surface area contributed by atoms with Crippen LogP contribution < -0.4 is 0 Å². The summed E-state index contributed by atoms with van der Waals surface area (Å²) in [5.74, 6) is -3.81. The van der Waals surface area contributed by atoms with Gasteiger partial charge in [-0.2, -0.15) is 0 Å². The molecule has 4 nitrogen and oxygen atoms in total. The molecule has 0 aliphatic rings. The zero-order valence-electron chi connectivity index (χ0n) is 10.4. The third kappa shape index (κ3) is 4.20. The van der Waals surface area contributed by atoms with Crippen molar-refractivity contribution < 1.29 is 19.8 Å². The molecular formula is C14H18O4. The summed E-state index contributed by atoms with van der Waals surface area (Å²) in [4.78, 5) is 21.4. The predicted molar refractivity (Wildman–Crippen MR) is 67.5 cm³/mol. The lowest BCUT2D eigenvalue weighted by molar-refractivity contribution is -0.154. The second-order valence-electron chi connectivity index (χ2n) is 4.29. The van der Waals surface area contributed by atoms with Crippen LogP contribution in [0, 0.1) is 5.92 Å². The molecule has 0 saturated carbocycles. The fourth-order valence-electron chi connectivity index (χ4n) is 1.80. The van der Waals surface area contributed by atoms with E-state index in [0.717, 1.165) is 12.0 Å². The molecule has 0 aliphatic heterocycles. The summed E-state index contributed by atoms with van der Waals surface area (Å²) in [7, 11) is 0. The van der Waals surface area contributed by atoms with E-state index in [2.05, 4.69) is 6.92 Å². The van der Waals surface area contributed by atoms with Crippen LogP contribution in [0.25, 0.3) is 0 Å². The first-order valence-corrected chi connectivity index (χ1v) is 6.08. The van der Waals surface area contributed by atoms with Crippen molar-refractivity contribution in [3.8, 4) is 0 Å².